The minimum atomic E-state index is -0.572. The molecule has 0 aromatic carbocycles. The Morgan fingerprint density at radius 1 is 1.75 bits per heavy atom. The van der Waals surface area contributed by atoms with Crippen molar-refractivity contribution in [2.24, 2.45) is 5.73 Å². The lowest BCUT2D eigenvalue weighted by molar-refractivity contribution is -0.106. The lowest BCUT2D eigenvalue weighted by atomic mass is 10.3. The molecule has 1 aromatic rings. The maximum Gasteiger partial charge on any atom is 0.267 e. The van der Waals surface area contributed by atoms with Crippen LogP contribution in [0.15, 0.2) is 12.3 Å². The lowest BCUT2D eigenvalue weighted by Crippen LogP contribution is -2.21. The third-order valence-electron chi connectivity index (χ3n) is 1.40. The van der Waals surface area contributed by atoms with Gasteiger partial charge in [0, 0.05) is 6.20 Å². The van der Waals surface area contributed by atoms with Crippen molar-refractivity contribution in [1.82, 2.24) is 4.68 Å². The monoisotopic (exact) mass is 167 g/mol. The Hall–Kier alpha value is -1.78. The van der Waals surface area contributed by atoms with Crippen LogP contribution < -0.4 is 11.2 Å². The molecular formula is C7H9N3O2. The molecule has 0 spiro atoms. The van der Waals surface area contributed by atoms with Crippen molar-refractivity contribution in [1.29, 1.82) is 0 Å². The van der Waals surface area contributed by atoms with E-state index in [4.69, 9.17) is 5.73 Å². The molecule has 5 nitrogen and oxygen atoms in total. The molecule has 0 atom stereocenters. The average Bonchev–Trinajstić information content (AvgIpc) is 2.32. The van der Waals surface area contributed by atoms with Gasteiger partial charge in [-0.3, -0.25) is 19.7 Å². The number of rotatable bonds is 3. The van der Waals surface area contributed by atoms with E-state index >= 15 is 0 Å². The van der Waals surface area contributed by atoms with Crippen LogP contribution in [-0.2, 0) is 4.79 Å². The molecule has 0 fully saturated rings. The van der Waals surface area contributed by atoms with Crippen molar-refractivity contribution in [2.75, 3.05) is 5.43 Å². The van der Waals surface area contributed by atoms with Crippen LogP contribution in [0.5, 0.6) is 0 Å². The quantitative estimate of drug-likeness (QED) is 0.600. The minimum absolute atomic E-state index is 0.264. The maximum atomic E-state index is 10.8. The number of hydrogen-bond donors (Lipinski definition) is 2. The highest BCUT2D eigenvalue weighted by Crippen LogP contribution is 2.04. The zero-order valence-electron chi connectivity index (χ0n) is 6.57. The summed E-state index contributed by atoms with van der Waals surface area (Å²) in [5.41, 5.74) is 8.48. The first-order valence-corrected chi connectivity index (χ1v) is 3.34. The number of primary amides is 1. The van der Waals surface area contributed by atoms with E-state index in [0.29, 0.717) is 6.41 Å². The summed E-state index contributed by atoms with van der Waals surface area (Å²) in [5, 5.41) is 0. The van der Waals surface area contributed by atoms with Crippen molar-refractivity contribution < 1.29 is 9.59 Å². The molecule has 2 amide bonds. The number of nitrogens with zero attached hydrogens (tertiary/aromatic N) is 1. The molecule has 0 unspecified atom stereocenters. The highest BCUT2D eigenvalue weighted by molar-refractivity contribution is 5.92. The van der Waals surface area contributed by atoms with Gasteiger partial charge >= 0.3 is 0 Å². The molecular weight excluding hydrogens is 158 g/mol. The summed E-state index contributed by atoms with van der Waals surface area (Å²) in [6, 6.07) is 1.60. The van der Waals surface area contributed by atoms with Crippen LogP contribution in [0.2, 0.25) is 0 Å². The molecule has 64 valence electrons. The molecule has 12 heavy (non-hydrogen) atoms. The SMILES string of the molecule is Cc1cc(C(N)=O)n(NC=O)c1. The van der Waals surface area contributed by atoms with Crippen LogP contribution in [-0.4, -0.2) is 17.0 Å². The zero-order valence-corrected chi connectivity index (χ0v) is 6.57. The van der Waals surface area contributed by atoms with Gasteiger partial charge in [0.05, 0.1) is 0 Å². The normalized spacial score (nSPS) is 9.42. The van der Waals surface area contributed by atoms with Gasteiger partial charge in [0.1, 0.15) is 5.69 Å². The van der Waals surface area contributed by atoms with Gasteiger partial charge in [0.25, 0.3) is 5.91 Å². The standard InChI is InChI=1S/C7H9N3O2/c1-5-2-6(7(8)12)10(3-5)9-4-11/h2-4H,1H3,(H2,8,12)(H,9,11). The Balaban J connectivity index is 3.07. The Labute approximate surface area is 69.1 Å². The Bertz CT molecular complexity index is 316. The molecule has 0 saturated heterocycles. The number of carbonyl (C=O) groups excluding carboxylic acids is 2. The van der Waals surface area contributed by atoms with Crippen LogP contribution in [0.25, 0.3) is 0 Å². The highest BCUT2D eigenvalue weighted by Gasteiger charge is 2.07. The van der Waals surface area contributed by atoms with Gasteiger partial charge in [-0.25, -0.2) is 0 Å². The van der Waals surface area contributed by atoms with Crippen LogP contribution in [0, 0.1) is 6.92 Å². The van der Waals surface area contributed by atoms with Gasteiger partial charge in [0.15, 0.2) is 0 Å². The summed E-state index contributed by atoms with van der Waals surface area (Å²) >= 11 is 0. The number of carbonyl (C=O) groups is 2. The molecule has 0 aliphatic rings. The largest absolute Gasteiger partial charge is 0.364 e. The number of aryl methyl sites for hydroxylation is 1. The Morgan fingerprint density at radius 3 is 2.92 bits per heavy atom. The van der Waals surface area contributed by atoms with Gasteiger partial charge in [0.2, 0.25) is 6.41 Å². The van der Waals surface area contributed by atoms with E-state index in [-0.39, 0.29) is 5.69 Å². The average molecular weight is 167 g/mol. The molecule has 0 aliphatic carbocycles. The summed E-state index contributed by atoms with van der Waals surface area (Å²) in [4.78, 5) is 20.8. The maximum absolute atomic E-state index is 10.8. The van der Waals surface area contributed by atoms with E-state index < -0.39 is 5.91 Å². The highest BCUT2D eigenvalue weighted by atomic mass is 16.2. The number of aromatic nitrogens is 1. The Kier molecular flexibility index (Phi) is 2.14. The summed E-state index contributed by atoms with van der Waals surface area (Å²) in [6.07, 6.45) is 2.08. The first-order valence-electron chi connectivity index (χ1n) is 3.34. The van der Waals surface area contributed by atoms with Crippen molar-refractivity contribution in [3.8, 4) is 0 Å². The number of nitrogens with one attached hydrogen (secondary N) is 1. The number of hydrogen-bond acceptors (Lipinski definition) is 2. The second-order valence-electron chi connectivity index (χ2n) is 2.38. The molecule has 0 radical (unpaired) electrons. The van der Waals surface area contributed by atoms with Crippen LogP contribution >= 0.6 is 0 Å². The molecule has 1 rings (SSSR count). The summed E-state index contributed by atoms with van der Waals surface area (Å²) in [6.45, 7) is 1.80. The Morgan fingerprint density at radius 2 is 2.42 bits per heavy atom. The van der Waals surface area contributed by atoms with Gasteiger partial charge in [-0.05, 0) is 18.6 Å². The van der Waals surface area contributed by atoms with Crippen molar-refractivity contribution >= 4 is 12.3 Å². The topological polar surface area (TPSA) is 77.1 Å². The van der Waals surface area contributed by atoms with Crippen molar-refractivity contribution in [3.05, 3.63) is 23.5 Å². The molecule has 1 heterocycles. The summed E-state index contributed by atoms with van der Waals surface area (Å²) < 4.78 is 1.28. The summed E-state index contributed by atoms with van der Waals surface area (Å²) in [7, 11) is 0. The fourth-order valence-electron chi connectivity index (χ4n) is 0.949. The van der Waals surface area contributed by atoms with Gasteiger partial charge in [-0.15, -0.1) is 0 Å². The number of nitrogens with two attached hydrogens (primary N) is 1. The molecule has 0 bridgehead atoms. The van der Waals surface area contributed by atoms with E-state index in [0.717, 1.165) is 5.56 Å². The van der Waals surface area contributed by atoms with Crippen LogP contribution in [0.4, 0.5) is 0 Å². The van der Waals surface area contributed by atoms with Crippen LogP contribution in [0.1, 0.15) is 16.1 Å². The first kappa shape index (κ1) is 8.32. The van der Waals surface area contributed by atoms with E-state index in [9.17, 15) is 9.59 Å². The molecule has 0 saturated carbocycles. The van der Waals surface area contributed by atoms with Gasteiger partial charge < -0.3 is 5.73 Å². The van der Waals surface area contributed by atoms with E-state index in [1.807, 2.05) is 0 Å². The fraction of sp³-hybridized carbons (Fsp3) is 0.143. The van der Waals surface area contributed by atoms with E-state index in [1.165, 1.54) is 4.68 Å². The molecule has 1 aromatic heterocycles. The lowest BCUT2D eigenvalue weighted by Gasteiger charge is -2.01. The first-order chi connectivity index (χ1) is 5.65. The third kappa shape index (κ3) is 1.45. The second kappa shape index (κ2) is 3.08. The third-order valence-corrected chi connectivity index (χ3v) is 1.40. The molecule has 0 aliphatic heterocycles. The second-order valence-corrected chi connectivity index (χ2v) is 2.38. The predicted octanol–water partition coefficient (Wildman–Crippen LogP) is -0.405. The van der Waals surface area contributed by atoms with Crippen LogP contribution in [0.3, 0.4) is 0 Å². The van der Waals surface area contributed by atoms with Crippen molar-refractivity contribution in [3.63, 3.8) is 0 Å². The van der Waals surface area contributed by atoms with E-state index in [2.05, 4.69) is 5.43 Å². The molecule has 5 heteroatoms. The smallest absolute Gasteiger partial charge is 0.267 e. The summed E-state index contributed by atoms with van der Waals surface area (Å²) in [5.74, 6) is -0.572. The van der Waals surface area contributed by atoms with Gasteiger partial charge in [-0.2, -0.15) is 0 Å². The van der Waals surface area contributed by atoms with Crippen molar-refractivity contribution in [2.45, 2.75) is 6.92 Å². The molecule has 3 N–H and O–H groups in total. The zero-order chi connectivity index (χ0) is 9.14. The number of amides is 2. The minimum Gasteiger partial charge on any atom is -0.364 e. The van der Waals surface area contributed by atoms with Gasteiger partial charge in [-0.1, -0.05) is 0 Å². The predicted molar refractivity (Wildman–Crippen MR) is 43.1 cm³/mol. The fourth-order valence-corrected chi connectivity index (χ4v) is 0.949. The van der Waals surface area contributed by atoms with E-state index in [1.54, 1.807) is 19.2 Å².